The zero-order valence-electron chi connectivity index (χ0n) is 26.4. The molecule has 0 bridgehead atoms. The van der Waals surface area contributed by atoms with Crippen molar-refractivity contribution in [2.24, 2.45) is 5.92 Å². The number of allylic oxidation sites excluding steroid dienone is 2. The average molecular weight is 606 g/mol. The Kier molecular flexibility index (Phi) is 11.1. The summed E-state index contributed by atoms with van der Waals surface area (Å²) < 4.78 is 20.7. The van der Waals surface area contributed by atoms with Crippen molar-refractivity contribution in [1.29, 1.82) is 0 Å². The molecule has 0 radical (unpaired) electrons. The quantitative estimate of drug-likeness (QED) is 0.158. The Morgan fingerprint density at radius 1 is 0.889 bits per heavy atom. The molecule has 5 rings (SSSR count). The van der Waals surface area contributed by atoms with Gasteiger partial charge in [-0.3, -0.25) is 4.79 Å². The van der Waals surface area contributed by atoms with Crippen molar-refractivity contribution in [3.05, 3.63) is 131 Å². The summed E-state index contributed by atoms with van der Waals surface area (Å²) in [5, 5.41) is 13.2. The molecule has 0 unspecified atom stereocenters. The molecule has 1 aliphatic carbocycles. The van der Waals surface area contributed by atoms with Crippen LogP contribution in [0, 0.1) is 11.7 Å². The van der Waals surface area contributed by atoms with Gasteiger partial charge in [0.15, 0.2) is 0 Å². The first-order valence-electron chi connectivity index (χ1n) is 16.2. The van der Waals surface area contributed by atoms with E-state index in [1.807, 2.05) is 44.2 Å². The number of carbonyl (C=O) groups excluding carboxylic acids is 1. The Labute approximate surface area is 267 Å². The first-order valence-corrected chi connectivity index (χ1v) is 16.2. The summed E-state index contributed by atoms with van der Waals surface area (Å²) in [6.07, 6.45) is 10.1. The second-order valence-electron chi connectivity index (χ2n) is 12.4. The molecule has 234 valence electrons. The van der Waals surface area contributed by atoms with Crippen LogP contribution in [0.1, 0.15) is 73.0 Å². The van der Waals surface area contributed by atoms with E-state index in [0.29, 0.717) is 30.5 Å². The molecule has 0 saturated heterocycles. The molecule has 1 saturated carbocycles. The monoisotopic (exact) mass is 605 g/mol. The molecule has 0 aliphatic heterocycles. The van der Waals surface area contributed by atoms with Gasteiger partial charge in [-0.2, -0.15) is 0 Å². The van der Waals surface area contributed by atoms with Crippen LogP contribution in [0.15, 0.2) is 103 Å². The van der Waals surface area contributed by atoms with Crippen LogP contribution >= 0.6 is 0 Å². The third-order valence-corrected chi connectivity index (χ3v) is 8.75. The topological polar surface area (TPSA) is 58.6 Å². The van der Waals surface area contributed by atoms with Crippen LogP contribution in [0.25, 0.3) is 11.1 Å². The maximum absolute atomic E-state index is 14.3. The third kappa shape index (κ3) is 9.31. The van der Waals surface area contributed by atoms with E-state index in [1.165, 1.54) is 30.9 Å². The molecular formula is C40H44FNO3. The minimum Gasteiger partial charge on any atom is -0.508 e. The maximum atomic E-state index is 14.3. The molecule has 1 aliphatic rings. The highest BCUT2D eigenvalue weighted by molar-refractivity contribution is 5.94. The van der Waals surface area contributed by atoms with Crippen LogP contribution in [0.5, 0.6) is 11.5 Å². The molecule has 2 N–H and O–H groups in total. The predicted octanol–water partition coefficient (Wildman–Crippen LogP) is 9.25. The molecule has 0 spiro atoms. The lowest BCUT2D eigenvalue weighted by Crippen LogP contribution is -2.26. The van der Waals surface area contributed by atoms with Crippen molar-refractivity contribution in [2.45, 2.75) is 71.3 Å². The fourth-order valence-electron chi connectivity index (χ4n) is 6.14. The van der Waals surface area contributed by atoms with Crippen molar-refractivity contribution in [3.63, 3.8) is 0 Å². The number of hydrogen-bond acceptors (Lipinski definition) is 3. The van der Waals surface area contributed by atoms with Gasteiger partial charge >= 0.3 is 0 Å². The third-order valence-electron chi connectivity index (χ3n) is 8.75. The number of aromatic hydroxyl groups is 1. The Morgan fingerprint density at radius 3 is 2.44 bits per heavy atom. The van der Waals surface area contributed by atoms with Gasteiger partial charge in [-0.1, -0.05) is 60.2 Å². The lowest BCUT2D eigenvalue weighted by molar-refractivity contribution is 0.0954. The van der Waals surface area contributed by atoms with Crippen molar-refractivity contribution >= 4 is 5.91 Å². The lowest BCUT2D eigenvalue weighted by Gasteiger charge is -2.29. The fourth-order valence-corrected chi connectivity index (χ4v) is 6.14. The van der Waals surface area contributed by atoms with E-state index >= 15 is 0 Å². The fraction of sp³-hybridized carbons (Fsp3) is 0.325. The van der Waals surface area contributed by atoms with Gasteiger partial charge in [0.25, 0.3) is 5.91 Å². The summed E-state index contributed by atoms with van der Waals surface area (Å²) in [6, 6.07) is 28.3. The maximum Gasteiger partial charge on any atom is 0.251 e. The van der Waals surface area contributed by atoms with E-state index in [-0.39, 0.29) is 23.6 Å². The van der Waals surface area contributed by atoms with Crippen LogP contribution < -0.4 is 10.1 Å². The Bertz CT molecular complexity index is 1600. The molecule has 0 aromatic heterocycles. The molecule has 4 aromatic rings. The zero-order chi connectivity index (χ0) is 31.6. The zero-order valence-corrected chi connectivity index (χ0v) is 26.4. The highest BCUT2D eigenvalue weighted by Gasteiger charge is 2.23. The molecule has 5 heteroatoms. The summed E-state index contributed by atoms with van der Waals surface area (Å²) in [6.45, 7) is 4.42. The van der Waals surface area contributed by atoms with E-state index in [2.05, 4.69) is 35.6 Å². The lowest BCUT2D eigenvalue weighted by atomic mass is 9.83. The molecule has 1 amide bonds. The summed E-state index contributed by atoms with van der Waals surface area (Å²) in [4.78, 5) is 13.0. The first kappa shape index (κ1) is 32.0. The van der Waals surface area contributed by atoms with Gasteiger partial charge in [-0.15, -0.1) is 0 Å². The molecule has 4 aromatic carbocycles. The largest absolute Gasteiger partial charge is 0.508 e. The first-order chi connectivity index (χ1) is 21.8. The van der Waals surface area contributed by atoms with E-state index < -0.39 is 0 Å². The minimum atomic E-state index is -0.289. The van der Waals surface area contributed by atoms with Crippen LogP contribution in [0.4, 0.5) is 4.39 Å². The van der Waals surface area contributed by atoms with E-state index in [0.717, 1.165) is 53.2 Å². The van der Waals surface area contributed by atoms with E-state index in [4.69, 9.17) is 4.74 Å². The van der Waals surface area contributed by atoms with Crippen molar-refractivity contribution in [1.82, 2.24) is 5.32 Å². The molecule has 4 nitrogen and oxygen atoms in total. The van der Waals surface area contributed by atoms with Gasteiger partial charge in [-0.25, -0.2) is 4.39 Å². The van der Waals surface area contributed by atoms with Crippen LogP contribution in [-0.2, 0) is 19.3 Å². The number of amides is 1. The number of hydrogen-bond donors (Lipinski definition) is 2. The smallest absolute Gasteiger partial charge is 0.251 e. The predicted molar refractivity (Wildman–Crippen MR) is 180 cm³/mol. The summed E-state index contributed by atoms with van der Waals surface area (Å²) in [5.41, 5.74) is 6.48. The van der Waals surface area contributed by atoms with Gasteiger partial charge < -0.3 is 15.2 Å². The molecule has 0 heterocycles. The van der Waals surface area contributed by atoms with Crippen molar-refractivity contribution in [3.8, 4) is 22.6 Å². The number of nitrogens with one attached hydrogen (secondary N) is 1. The summed E-state index contributed by atoms with van der Waals surface area (Å²) >= 11 is 0. The van der Waals surface area contributed by atoms with E-state index in [1.54, 1.807) is 30.3 Å². The summed E-state index contributed by atoms with van der Waals surface area (Å²) in [5.74, 6) is 1.23. The number of phenols is 1. The second kappa shape index (κ2) is 15.6. The molecule has 45 heavy (non-hydrogen) atoms. The average Bonchev–Trinajstić information content (AvgIpc) is 3.05. The number of phenolic OH excluding ortho intramolecular Hbond substituents is 1. The number of rotatable bonds is 12. The molecule has 1 fully saturated rings. The van der Waals surface area contributed by atoms with Crippen molar-refractivity contribution < 1.29 is 19.0 Å². The Hall–Kier alpha value is -4.38. The molecular weight excluding hydrogens is 561 g/mol. The summed E-state index contributed by atoms with van der Waals surface area (Å²) in [7, 11) is 0. The van der Waals surface area contributed by atoms with Gasteiger partial charge in [0.05, 0.1) is 6.10 Å². The number of halogens is 1. The number of carbonyl (C=O) groups is 1. The highest BCUT2D eigenvalue weighted by atomic mass is 19.1. The standard InChI is InChI=1S/C40H44FNO3/c1-28(2)11-16-33-25-34(18-22-39(33)43)40(44)42-24-23-31-17-21-37(27-38(31)32-9-6-10-35(41)26-32)45-36-19-14-30(15-20-36)13-12-29-7-4-3-5-8-29/h3-11,17-18,21-22,25-27,30,36,43H,12-16,19-20,23-24H2,1-2H3,(H,42,44). The van der Waals surface area contributed by atoms with Gasteiger partial charge in [0, 0.05) is 12.1 Å². The van der Waals surface area contributed by atoms with Crippen LogP contribution in [0.2, 0.25) is 0 Å². The number of aryl methyl sites for hydroxylation is 1. The minimum absolute atomic E-state index is 0.176. The van der Waals surface area contributed by atoms with Gasteiger partial charge in [-0.05, 0) is 141 Å². The van der Waals surface area contributed by atoms with Gasteiger partial charge in [0.1, 0.15) is 17.3 Å². The Balaban J connectivity index is 1.21. The normalized spacial score (nSPS) is 16.2. The number of benzene rings is 4. The van der Waals surface area contributed by atoms with E-state index in [9.17, 15) is 14.3 Å². The highest BCUT2D eigenvalue weighted by Crippen LogP contribution is 2.33. The Morgan fingerprint density at radius 2 is 1.69 bits per heavy atom. The number of ether oxygens (including phenoxy) is 1. The van der Waals surface area contributed by atoms with Crippen LogP contribution in [0.3, 0.4) is 0 Å². The SMILES string of the molecule is CC(C)=CCc1cc(C(=O)NCCc2ccc(OC3CCC(CCc4ccccc4)CC3)cc2-c2cccc(F)c2)ccc1O. The molecule has 0 atom stereocenters. The van der Waals surface area contributed by atoms with Gasteiger partial charge in [0.2, 0.25) is 0 Å². The van der Waals surface area contributed by atoms with Crippen molar-refractivity contribution in [2.75, 3.05) is 6.54 Å². The second-order valence-corrected chi connectivity index (χ2v) is 12.4. The van der Waals surface area contributed by atoms with Crippen LogP contribution in [-0.4, -0.2) is 23.7 Å².